The van der Waals surface area contributed by atoms with Gasteiger partial charge in [0.25, 0.3) is 0 Å². The number of aromatic amines is 1. The lowest BCUT2D eigenvalue weighted by atomic mass is 10.0. The molecule has 0 bridgehead atoms. The first kappa shape index (κ1) is 13.9. The molecule has 3 aromatic rings. The Labute approximate surface area is 126 Å². The summed E-state index contributed by atoms with van der Waals surface area (Å²) in [5, 5.41) is 4.90. The molecule has 21 heavy (non-hydrogen) atoms. The molecule has 0 aliphatic carbocycles. The largest absolute Gasteiger partial charge is 0.361 e. The third-order valence-electron chi connectivity index (χ3n) is 4.28. The Balaban J connectivity index is 1.58. The molecule has 0 saturated heterocycles. The van der Waals surface area contributed by atoms with E-state index in [1.807, 2.05) is 0 Å². The van der Waals surface area contributed by atoms with E-state index in [9.17, 15) is 0 Å². The van der Waals surface area contributed by atoms with Gasteiger partial charge in [0.1, 0.15) is 0 Å². The lowest BCUT2D eigenvalue weighted by Gasteiger charge is -2.09. The predicted molar refractivity (Wildman–Crippen MR) is 89.6 cm³/mol. The van der Waals surface area contributed by atoms with E-state index in [2.05, 4.69) is 72.8 Å². The van der Waals surface area contributed by atoms with Gasteiger partial charge in [-0.1, -0.05) is 36.4 Å². The summed E-state index contributed by atoms with van der Waals surface area (Å²) < 4.78 is 0. The van der Waals surface area contributed by atoms with Crippen LogP contribution in [-0.4, -0.2) is 11.5 Å². The van der Waals surface area contributed by atoms with Gasteiger partial charge in [0.2, 0.25) is 0 Å². The van der Waals surface area contributed by atoms with Gasteiger partial charge in [0, 0.05) is 23.6 Å². The average Bonchev–Trinajstić information content (AvgIpc) is 2.91. The molecule has 0 saturated carbocycles. The highest BCUT2D eigenvalue weighted by atomic mass is 14.8. The summed E-state index contributed by atoms with van der Waals surface area (Å²) in [5.74, 6) is 0. The van der Waals surface area contributed by atoms with Crippen molar-refractivity contribution in [3.63, 3.8) is 0 Å². The normalized spacial score (nSPS) is 11.1. The SMILES string of the molecule is Cc1cccc(CNCCc2c[nH]c3ccccc23)c1C. The van der Waals surface area contributed by atoms with Gasteiger partial charge in [0.05, 0.1) is 0 Å². The molecule has 0 spiro atoms. The summed E-state index contributed by atoms with van der Waals surface area (Å²) in [6.45, 7) is 6.31. The zero-order valence-corrected chi connectivity index (χ0v) is 12.7. The maximum atomic E-state index is 3.56. The van der Waals surface area contributed by atoms with E-state index in [4.69, 9.17) is 0 Å². The molecule has 0 aliphatic heterocycles. The van der Waals surface area contributed by atoms with Crippen LogP contribution in [0, 0.1) is 13.8 Å². The molecule has 1 heterocycles. The number of rotatable bonds is 5. The minimum absolute atomic E-state index is 0.940. The Morgan fingerprint density at radius 2 is 1.81 bits per heavy atom. The zero-order valence-electron chi connectivity index (χ0n) is 12.7. The van der Waals surface area contributed by atoms with E-state index in [1.54, 1.807) is 0 Å². The summed E-state index contributed by atoms with van der Waals surface area (Å²) in [5.41, 5.74) is 6.78. The van der Waals surface area contributed by atoms with Gasteiger partial charge in [-0.25, -0.2) is 0 Å². The van der Waals surface area contributed by atoms with Crippen molar-refractivity contribution in [2.75, 3.05) is 6.54 Å². The maximum absolute atomic E-state index is 3.56. The summed E-state index contributed by atoms with van der Waals surface area (Å²) in [6.07, 6.45) is 3.18. The summed E-state index contributed by atoms with van der Waals surface area (Å²) in [4.78, 5) is 3.34. The van der Waals surface area contributed by atoms with Gasteiger partial charge in [-0.3, -0.25) is 0 Å². The second-order valence-corrected chi connectivity index (χ2v) is 5.65. The van der Waals surface area contributed by atoms with E-state index in [0.29, 0.717) is 0 Å². The third kappa shape index (κ3) is 3.01. The van der Waals surface area contributed by atoms with Crippen LogP contribution in [-0.2, 0) is 13.0 Å². The molecular formula is C19H22N2. The van der Waals surface area contributed by atoms with Crippen molar-refractivity contribution in [2.24, 2.45) is 0 Å². The third-order valence-corrected chi connectivity index (χ3v) is 4.28. The van der Waals surface area contributed by atoms with E-state index in [0.717, 1.165) is 19.5 Å². The number of hydrogen-bond acceptors (Lipinski definition) is 1. The minimum atomic E-state index is 0.940. The van der Waals surface area contributed by atoms with Gasteiger partial charge in [-0.15, -0.1) is 0 Å². The number of fused-ring (bicyclic) bond motifs is 1. The van der Waals surface area contributed by atoms with Crippen LogP contribution in [0.1, 0.15) is 22.3 Å². The van der Waals surface area contributed by atoms with Gasteiger partial charge < -0.3 is 10.3 Å². The van der Waals surface area contributed by atoms with E-state index in [1.165, 1.54) is 33.2 Å². The fraction of sp³-hybridized carbons (Fsp3) is 0.263. The number of nitrogens with one attached hydrogen (secondary N) is 2. The molecule has 0 aliphatic rings. The molecule has 0 amide bonds. The molecule has 0 atom stereocenters. The molecule has 2 nitrogen and oxygen atoms in total. The van der Waals surface area contributed by atoms with Crippen LogP contribution < -0.4 is 5.32 Å². The van der Waals surface area contributed by atoms with E-state index < -0.39 is 0 Å². The highest BCUT2D eigenvalue weighted by Crippen LogP contribution is 2.18. The molecular weight excluding hydrogens is 256 g/mol. The smallest absolute Gasteiger partial charge is 0.0456 e. The molecule has 2 N–H and O–H groups in total. The Morgan fingerprint density at radius 3 is 2.71 bits per heavy atom. The van der Waals surface area contributed by atoms with Crippen LogP contribution in [0.4, 0.5) is 0 Å². The van der Waals surface area contributed by atoms with Gasteiger partial charge in [-0.2, -0.15) is 0 Å². The number of para-hydroxylation sites is 1. The lowest BCUT2D eigenvalue weighted by Crippen LogP contribution is -2.17. The second-order valence-electron chi connectivity index (χ2n) is 5.65. The lowest BCUT2D eigenvalue weighted by molar-refractivity contribution is 0.685. The monoisotopic (exact) mass is 278 g/mol. The standard InChI is InChI=1S/C19H22N2/c1-14-6-5-7-16(15(14)2)12-20-11-10-17-13-21-19-9-4-3-8-18(17)19/h3-9,13,20-21H,10-12H2,1-2H3. The van der Waals surface area contributed by atoms with Crippen LogP contribution >= 0.6 is 0 Å². The maximum Gasteiger partial charge on any atom is 0.0456 e. The van der Waals surface area contributed by atoms with Crippen molar-refractivity contribution < 1.29 is 0 Å². The molecule has 108 valence electrons. The van der Waals surface area contributed by atoms with E-state index >= 15 is 0 Å². The van der Waals surface area contributed by atoms with Gasteiger partial charge in [-0.05, 0) is 55.1 Å². The molecule has 2 heteroatoms. The number of H-pyrrole nitrogens is 1. The van der Waals surface area contributed by atoms with Crippen LogP contribution in [0.2, 0.25) is 0 Å². The fourth-order valence-corrected chi connectivity index (χ4v) is 2.79. The number of benzene rings is 2. The Bertz CT molecular complexity index is 740. The Kier molecular flexibility index (Phi) is 4.07. The highest BCUT2D eigenvalue weighted by molar-refractivity contribution is 5.83. The summed E-state index contributed by atoms with van der Waals surface area (Å²) in [6, 6.07) is 15.0. The average molecular weight is 278 g/mol. The predicted octanol–water partition coefficient (Wildman–Crippen LogP) is 4.12. The highest BCUT2D eigenvalue weighted by Gasteiger charge is 2.03. The fourth-order valence-electron chi connectivity index (χ4n) is 2.79. The van der Waals surface area contributed by atoms with Gasteiger partial charge in [0.15, 0.2) is 0 Å². The van der Waals surface area contributed by atoms with Crippen molar-refractivity contribution in [1.82, 2.24) is 10.3 Å². The zero-order chi connectivity index (χ0) is 14.7. The van der Waals surface area contributed by atoms with Gasteiger partial charge >= 0.3 is 0 Å². The first-order valence-corrected chi connectivity index (χ1v) is 7.56. The van der Waals surface area contributed by atoms with E-state index in [-0.39, 0.29) is 0 Å². The molecule has 1 aromatic heterocycles. The summed E-state index contributed by atoms with van der Waals surface area (Å²) in [7, 11) is 0. The van der Waals surface area contributed by atoms with Crippen LogP contribution in [0.5, 0.6) is 0 Å². The number of aromatic nitrogens is 1. The quantitative estimate of drug-likeness (QED) is 0.675. The Hall–Kier alpha value is -2.06. The number of hydrogen-bond donors (Lipinski definition) is 2. The van der Waals surface area contributed by atoms with Crippen LogP contribution in [0.15, 0.2) is 48.7 Å². The molecule has 0 unspecified atom stereocenters. The minimum Gasteiger partial charge on any atom is -0.361 e. The molecule has 2 aromatic carbocycles. The molecule has 0 radical (unpaired) electrons. The van der Waals surface area contributed by atoms with Crippen molar-refractivity contribution in [3.8, 4) is 0 Å². The Morgan fingerprint density at radius 1 is 0.952 bits per heavy atom. The van der Waals surface area contributed by atoms with Crippen molar-refractivity contribution >= 4 is 10.9 Å². The number of aryl methyl sites for hydroxylation is 1. The molecule has 3 rings (SSSR count). The molecule has 0 fully saturated rings. The van der Waals surface area contributed by atoms with Crippen molar-refractivity contribution in [1.29, 1.82) is 0 Å². The second kappa shape index (κ2) is 6.15. The van der Waals surface area contributed by atoms with Crippen molar-refractivity contribution in [2.45, 2.75) is 26.8 Å². The van der Waals surface area contributed by atoms with Crippen molar-refractivity contribution in [3.05, 3.63) is 70.9 Å². The first-order chi connectivity index (χ1) is 10.3. The first-order valence-electron chi connectivity index (χ1n) is 7.56. The van der Waals surface area contributed by atoms with Crippen LogP contribution in [0.3, 0.4) is 0 Å². The summed E-state index contributed by atoms with van der Waals surface area (Å²) >= 11 is 0. The van der Waals surface area contributed by atoms with Crippen LogP contribution in [0.25, 0.3) is 10.9 Å². The topological polar surface area (TPSA) is 27.8 Å².